The van der Waals surface area contributed by atoms with Crippen LogP contribution in [0.5, 0.6) is 5.75 Å². The molecule has 7 heteroatoms. The number of amides is 2. The molecule has 0 bridgehead atoms. The van der Waals surface area contributed by atoms with Gasteiger partial charge in [0.2, 0.25) is 5.91 Å². The van der Waals surface area contributed by atoms with Gasteiger partial charge in [-0.05, 0) is 72.2 Å². The second-order valence-electron chi connectivity index (χ2n) is 8.83. The third kappa shape index (κ3) is 4.99. The van der Waals surface area contributed by atoms with Gasteiger partial charge in [0.25, 0.3) is 5.91 Å². The van der Waals surface area contributed by atoms with Gasteiger partial charge in [-0.15, -0.1) is 22.7 Å². The van der Waals surface area contributed by atoms with Crippen LogP contribution in [0.1, 0.15) is 44.6 Å². The average molecular weight is 481 g/mol. The van der Waals surface area contributed by atoms with Crippen LogP contribution >= 0.6 is 22.7 Å². The van der Waals surface area contributed by atoms with Gasteiger partial charge in [0, 0.05) is 18.0 Å². The summed E-state index contributed by atoms with van der Waals surface area (Å²) in [6, 6.07) is 13.7. The van der Waals surface area contributed by atoms with Gasteiger partial charge in [-0.1, -0.05) is 24.3 Å². The molecule has 3 aromatic rings. The van der Waals surface area contributed by atoms with E-state index in [-0.39, 0.29) is 24.4 Å². The van der Waals surface area contributed by atoms with Gasteiger partial charge in [-0.3, -0.25) is 9.59 Å². The first-order valence-electron chi connectivity index (χ1n) is 11.5. The van der Waals surface area contributed by atoms with Crippen molar-refractivity contribution in [2.75, 3.05) is 26.2 Å². The molecule has 5 rings (SSSR count). The Balaban J connectivity index is 1.34. The lowest BCUT2D eigenvalue weighted by Gasteiger charge is -2.37. The molecule has 1 aromatic carbocycles. The van der Waals surface area contributed by atoms with Crippen molar-refractivity contribution in [3.8, 4) is 5.75 Å². The van der Waals surface area contributed by atoms with Gasteiger partial charge in [0.05, 0.1) is 10.9 Å². The molecular weight excluding hydrogens is 452 g/mol. The summed E-state index contributed by atoms with van der Waals surface area (Å²) in [7, 11) is 0. The molecule has 0 unspecified atom stereocenters. The second kappa shape index (κ2) is 9.69. The third-order valence-corrected chi connectivity index (χ3v) is 8.28. The average Bonchev–Trinajstić information content (AvgIpc) is 3.26. The second-order valence-corrected chi connectivity index (χ2v) is 10.8. The van der Waals surface area contributed by atoms with E-state index in [0.29, 0.717) is 30.5 Å². The highest BCUT2D eigenvalue weighted by molar-refractivity contribution is 7.12. The SMILES string of the molecule is Cc1ccccc1OC[C@H]1c2ccsc2CCN1C(=O)CN(CC1CC1)C(=O)c1cccs1. The number of aryl methyl sites for hydroxylation is 1. The van der Waals surface area contributed by atoms with Gasteiger partial charge in [-0.2, -0.15) is 0 Å². The summed E-state index contributed by atoms with van der Waals surface area (Å²) in [6.07, 6.45) is 3.12. The first-order valence-corrected chi connectivity index (χ1v) is 13.2. The lowest BCUT2D eigenvalue weighted by Crippen LogP contribution is -2.48. The maximum absolute atomic E-state index is 13.6. The minimum atomic E-state index is -0.147. The molecule has 0 N–H and O–H groups in total. The Kier molecular flexibility index (Phi) is 6.51. The van der Waals surface area contributed by atoms with Crippen molar-refractivity contribution in [3.63, 3.8) is 0 Å². The Morgan fingerprint density at radius 2 is 1.94 bits per heavy atom. The molecule has 0 saturated heterocycles. The number of carbonyl (C=O) groups excluding carboxylic acids is 2. The number of nitrogens with zero attached hydrogens (tertiary/aromatic N) is 2. The molecular formula is C26H28N2O3S2. The van der Waals surface area contributed by atoms with E-state index in [9.17, 15) is 9.59 Å². The van der Waals surface area contributed by atoms with Crippen molar-refractivity contribution in [1.82, 2.24) is 9.80 Å². The molecule has 33 heavy (non-hydrogen) atoms. The zero-order valence-corrected chi connectivity index (χ0v) is 20.4. The summed E-state index contributed by atoms with van der Waals surface area (Å²) in [5.74, 6) is 1.32. The van der Waals surface area contributed by atoms with E-state index in [2.05, 4.69) is 11.4 Å². The normalized spacial score (nSPS) is 17.5. The Bertz CT molecular complexity index is 1120. The van der Waals surface area contributed by atoms with E-state index in [1.165, 1.54) is 21.8 Å². The van der Waals surface area contributed by atoms with Crippen molar-refractivity contribution in [2.24, 2.45) is 5.92 Å². The molecule has 1 aliphatic heterocycles. The predicted molar refractivity (Wildman–Crippen MR) is 132 cm³/mol. The van der Waals surface area contributed by atoms with Gasteiger partial charge in [0.1, 0.15) is 18.9 Å². The summed E-state index contributed by atoms with van der Waals surface area (Å²) in [5.41, 5.74) is 2.25. The molecule has 0 spiro atoms. The summed E-state index contributed by atoms with van der Waals surface area (Å²) in [5, 5.41) is 4.01. The van der Waals surface area contributed by atoms with Crippen molar-refractivity contribution >= 4 is 34.5 Å². The Hall–Kier alpha value is -2.64. The number of ether oxygens (including phenoxy) is 1. The van der Waals surface area contributed by atoms with E-state index in [1.54, 1.807) is 16.2 Å². The molecule has 0 radical (unpaired) electrons. The monoisotopic (exact) mass is 480 g/mol. The van der Waals surface area contributed by atoms with Crippen LogP contribution in [0.4, 0.5) is 0 Å². The fourth-order valence-corrected chi connectivity index (χ4v) is 6.02. The van der Waals surface area contributed by atoms with E-state index >= 15 is 0 Å². The van der Waals surface area contributed by atoms with Crippen LogP contribution < -0.4 is 4.74 Å². The minimum Gasteiger partial charge on any atom is -0.491 e. The highest BCUT2D eigenvalue weighted by Gasteiger charge is 2.35. The lowest BCUT2D eigenvalue weighted by molar-refractivity contribution is -0.135. The number of benzene rings is 1. The molecule has 5 nitrogen and oxygen atoms in total. The fourth-order valence-electron chi connectivity index (χ4n) is 4.40. The molecule has 2 aromatic heterocycles. The fraction of sp³-hybridized carbons (Fsp3) is 0.385. The largest absolute Gasteiger partial charge is 0.491 e. The number of carbonyl (C=O) groups is 2. The summed E-state index contributed by atoms with van der Waals surface area (Å²) in [4.78, 5) is 32.4. The van der Waals surface area contributed by atoms with E-state index in [4.69, 9.17) is 4.74 Å². The Labute approximate surface area is 202 Å². The van der Waals surface area contributed by atoms with Crippen LogP contribution in [0, 0.1) is 12.8 Å². The zero-order valence-electron chi connectivity index (χ0n) is 18.7. The molecule has 2 aliphatic rings. The zero-order chi connectivity index (χ0) is 22.8. The van der Waals surface area contributed by atoms with Crippen LogP contribution in [0.15, 0.2) is 53.2 Å². The minimum absolute atomic E-state index is 0.00390. The van der Waals surface area contributed by atoms with Crippen LogP contribution in [0.2, 0.25) is 0 Å². The van der Waals surface area contributed by atoms with Crippen LogP contribution in [-0.4, -0.2) is 47.9 Å². The van der Waals surface area contributed by atoms with Crippen LogP contribution in [0.3, 0.4) is 0 Å². The molecule has 1 fully saturated rings. The molecule has 3 heterocycles. The first kappa shape index (κ1) is 22.2. The maximum atomic E-state index is 13.6. The number of hydrogen-bond acceptors (Lipinski definition) is 5. The molecule has 1 aliphatic carbocycles. The number of hydrogen-bond donors (Lipinski definition) is 0. The quantitative estimate of drug-likeness (QED) is 0.447. The van der Waals surface area contributed by atoms with Gasteiger partial charge < -0.3 is 14.5 Å². The van der Waals surface area contributed by atoms with Gasteiger partial charge in [-0.25, -0.2) is 0 Å². The molecule has 2 amide bonds. The number of fused-ring (bicyclic) bond motifs is 1. The number of rotatable bonds is 8. The van der Waals surface area contributed by atoms with Crippen LogP contribution in [-0.2, 0) is 11.2 Å². The lowest BCUT2D eigenvalue weighted by atomic mass is 10.00. The van der Waals surface area contributed by atoms with Gasteiger partial charge in [0.15, 0.2) is 0 Å². The van der Waals surface area contributed by atoms with Crippen molar-refractivity contribution in [2.45, 2.75) is 32.2 Å². The molecule has 1 saturated carbocycles. The van der Waals surface area contributed by atoms with Crippen molar-refractivity contribution in [1.29, 1.82) is 0 Å². The molecule has 1 atom stereocenters. The smallest absolute Gasteiger partial charge is 0.264 e. The third-order valence-electron chi connectivity index (χ3n) is 6.43. The van der Waals surface area contributed by atoms with E-state index in [1.807, 2.05) is 53.6 Å². The van der Waals surface area contributed by atoms with Gasteiger partial charge >= 0.3 is 0 Å². The topological polar surface area (TPSA) is 49.9 Å². The van der Waals surface area contributed by atoms with E-state index in [0.717, 1.165) is 30.6 Å². The maximum Gasteiger partial charge on any atom is 0.264 e. The highest BCUT2D eigenvalue weighted by atomic mass is 32.1. The van der Waals surface area contributed by atoms with E-state index < -0.39 is 0 Å². The van der Waals surface area contributed by atoms with Crippen LogP contribution in [0.25, 0.3) is 0 Å². The summed E-state index contributed by atoms with van der Waals surface area (Å²) in [6.45, 7) is 3.86. The van der Waals surface area contributed by atoms with Crippen molar-refractivity contribution in [3.05, 3.63) is 74.1 Å². The Morgan fingerprint density at radius 1 is 1.09 bits per heavy atom. The summed E-state index contributed by atoms with van der Waals surface area (Å²) < 4.78 is 6.20. The Morgan fingerprint density at radius 3 is 2.70 bits per heavy atom. The number of thiophene rings is 2. The summed E-state index contributed by atoms with van der Waals surface area (Å²) >= 11 is 3.18. The highest BCUT2D eigenvalue weighted by Crippen LogP contribution is 2.35. The standard InChI is InChI=1S/C26H28N2O3S2/c1-18-5-2-3-6-22(18)31-17-21-20-11-14-33-23(20)10-12-28(21)25(29)16-27(15-19-8-9-19)26(30)24-7-4-13-32-24/h2-7,11,13-14,19,21H,8-10,12,15-17H2,1H3/t21-/m0/s1. The first-order chi connectivity index (χ1) is 16.1. The predicted octanol–water partition coefficient (Wildman–Crippen LogP) is 5.18. The molecule has 172 valence electrons. The number of para-hydroxylation sites is 1. The van der Waals surface area contributed by atoms with Crippen molar-refractivity contribution < 1.29 is 14.3 Å².